The maximum Gasteiger partial charge on any atom is 0 e. The van der Waals surface area contributed by atoms with Crippen LogP contribution in [0.25, 0.3) is 0 Å². The first-order valence-corrected chi connectivity index (χ1v) is 0. The third-order valence-corrected chi connectivity index (χ3v) is 0. The SMILES string of the molecule is [SH-].[SH-].[SH-].[SH-].[SH-].[V]. The molecule has 0 aromatic carbocycles. The fourth-order valence-corrected chi connectivity index (χ4v) is 0. The molecular formula is H5S5V-5. The molecule has 0 aliphatic heterocycles. The van der Waals surface area contributed by atoms with E-state index in [1.165, 1.54) is 0 Å². The minimum absolute atomic E-state index is 0. The minimum Gasteiger partial charge on any atom is -0.813 e. The van der Waals surface area contributed by atoms with Gasteiger partial charge in [0.1, 0.15) is 0 Å². The van der Waals surface area contributed by atoms with Crippen LogP contribution in [0.1, 0.15) is 0 Å². The Bertz CT molecular complexity index is 3.90. The van der Waals surface area contributed by atoms with E-state index in [1.54, 1.807) is 0 Å². The number of rotatable bonds is 0. The van der Waals surface area contributed by atoms with E-state index in [1.807, 2.05) is 0 Å². The summed E-state index contributed by atoms with van der Waals surface area (Å²) in [6.07, 6.45) is 0. The van der Waals surface area contributed by atoms with Gasteiger partial charge in [0.15, 0.2) is 0 Å². The van der Waals surface area contributed by atoms with Crippen LogP contribution in [0.4, 0.5) is 0 Å². The molecule has 0 heterocycles. The van der Waals surface area contributed by atoms with Crippen molar-refractivity contribution in [2.75, 3.05) is 0 Å². The van der Waals surface area contributed by atoms with E-state index >= 15 is 0 Å². The Kier molecular flexibility index (Phi) is 740. The van der Waals surface area contributed by atoms with Crippen molar-refractivity contribution in [3.05, 3.63) is 0 Å². The summed E-state index contributed by atoms with van der Waals surface area (Å²) in [6.45, 7) is 0. The molecule has 0 amide bonds. The number of hydrogen-bond acceptors (Lipinski definition) is 5. The van der Waals surface area contributed by atoms with Crippen molar-refractivity contribution in [2.45, 2.75) is 0 Å². The van der Waals surface area contributed by atoms with Crippen molar-refractivity contribution in [3.8, 4) is 0 Å². The predicted octanol–water partition coefficient (Wildman–Crippen LogP) is -1.35. The summed E-state index contributed by atoms with van der Waals surface area (Å²) in [6, 6.07) is 0. The zero-order valence-electron chi connectivity index (χ0n) is 2.68. The molecule has 45 valence electrons. The second-order valence-electron chi connectivity index (χ2n) is 0. The summed E-state index contributed by atoms with van der Waals surface area (Å²) in [7, 11) is 0. The molecule has 1 radical (unpaired) electrons. The Morgan fingerprint density at radius 1 is 0.333 bits per heavy atom. The van der Waals surface area contributed by atoms with Crippen LogP contribution >= 0.6 is 0 Å². The van der Waals surface area contributed by atoms with E-state index in [-0.39, 0.29) is 86.0 Å². The topological polar surface area (TPSA) is 0 Å². The first-order valence-electron chi connectivity index (χ1n) is 0. The van der Waals surface area contributed by atoms with E-state index in [4.69, 9.17) is 0 Å². The van der Waals surface area contributed by atoms with Crippen LogP contribution < -0.4 is 0 Å². The van der Waals surface area contributed by atoms with Gasteiger partial charge in [0.25, 0.3) is 0 Å². The molecule has 0 unspecified atom stereocenters. The van der Waals surface area contributed by atoms with Crippen LogP contribution in [0.15, 0.2) is 0 Å². The molecule has 0 nitrogen and oxygen atoms in total. The Hall–Kier alpha value is 2.33. The average Bonchev–Trinajstić information content (AvgIpc) is 0. The van der Waals surface area contributed by atoms with E-state index in [0.717, 1.165) is 0 Å². The Balaban J connectivity index is 0. The van der Waals surface area contributed by atoms with Gasteiger partial charge < -0.3 is 67.5 Å². The van der Waals surface area contributed by atoms with Gasteiger partial charge in [0, 0.05) is 18.6 Å². The molecule has 6 heteroatoms. The van der Waals surface area contributed by atoms with Crippen LogP contribution in [-0.2, 0) is 86.0 Å². The standard InChI is InChI=1S/5H2S.V/h5*1H2;/p-5. The second kappa shape index (κ2) is 54.0. The van der Waals surface area contributed by atoms with Crippen LogP contribution in [-0.4, -0.2) is 0 Å². The van der Waals surface area contributed by atoms with E-state index in [2.05, 4.69) is 0 Å². The maximum absolute atomic E-state index is 0. The second-order valence-corrected chi connectivity index (χ2v) is 0. The molecule has 0 saturated heterocycles. The van der Waals surface area contributed by atoms with E-state index in [9.17, 15) is 0 Å². The molecule has 0 saturated carbocycles. The number of thiol groups is 5. The maximum atomic E-state index is 0. The predicted molar refractivity (Wildman–Crippen MR) is 43.8 cm³/mol. The molecule has 0 atom stereocenters. The van der Waals surface area contributed by atoms with Gasteiger partial charge in [-0.2, -0.15) is 0 Å². The molecule has 0 N–H and O–H groups in total. The fraction of sp³-hybridized carbons (Fsp3) is 0. The van der Waals surface area contributed by atoms with Crippen LogP contribution in [0, 0.1) is 0 Å². The summed E-state index contributed by atoms with van der Waals surface area (Å²) in [5, 5.41) is 0. The molecular weight excluding hydrogens is 211 g/mol. The quantitative estimate of drug-likeness (QED) is 0.361. The monoisotopic (exact) mass is 216 g/mol. The molecule has 0 aromatic rings. The van der Waals surface area contributed by atoms with Gasteiger partial charge in [-0.05, 0) is 0 Å². The van der Waals surface area contributed by atoms with Crippen molar-refractivity contribution in [3.63, 3.8) is 0 Å². The van der Waals surface area contributed by atoms with Crippen LogP contribution in [0.5, 0.6) is 0 Å². The molecule has 0 aliphatic carbocycles. The minimum atomic E-state index is 0. The zero-order chi connectivity index (χ0) is 0. The van der Waals surface area contributed by atoms with Crippen molar-refractivity contribution < 1.29 is 18.6 Å². The molecule has 0 aliphatic rings. The summed E-state index contributed by atoms with van der Waals surface area (Å²) >= 11 is 0. The molecule has 0 fully saturated rings. The summed E-state index contributed by atoms with van der Waals surface area (Å²) in [5.74, 6) is 0. The fourth-order valence-electron chi connectivity index (χ4n) is 0. The van der Waals surface area contributed by atoms with Gasteiger partial charge in [-0.3, -0.25) is 0 Å². The smallest absolute Gasteiger partial charge is 0 e. The first-order chi connectivity index (χ1) is 0. The average molecular weight is 216 g/mol. The van der Waals surface area contributed by atoms with Gasteiger partial charge in [-0.15, -0.1) is 0 Å². The van der Waals surface area contributed by atoms with Crippen LogP contribution in [0.2, 0.25) is 0 Å². The molecule has 0 aromatic heterocycles. The Morgan fingerprint density at radius 3 is 0.333 bits per heavy atom. The molecule has 0 rings (SSSR count). The normalized spacial score (nSPS) is 0. The van der Waals surface area contributed by atoms with Crippen molar-refractivity contribution in [1.82, 2.24) is 0 Å². The molecule has 6 heavy (non-hydrogen) atoms. The largest absolute Gasteiger partial charge is 0.813 e. The van der Waals surface area contributed by atoms with Gasteiger partial charge in [-0.25, -0.2) is 0 Å². The third-order valence-electron chi connectivity index (χ3n) is 0. The zero-order valence-corrected chi connectivity index (χ0v) is 8.55. The Morgan fingerprint density at radius 2 is 0.333 bits per heavy atom. The van der Waals surface area contributed by atoms with Gasteiger partial charge in [0.05, 0.1) is 0 Å². The summed E-state index contributed by atoms with van der Waals surface area (Å²) in [4.78, 5) is 0. The molecule has 0 spiro atoms. The Labute approximate surface area is 85.3 Å². The van der Waals surface area contributed by atoms with E-state index in [0.29, 0.717) is 0 Å². The number of hydrogen-bond donors (Lipinski definition) is 0. The third kappa shape index (κ3) is 33.1. The van der Waals surface area contributed by atoms with Crippen molar-refractivity contribution >= 4 is 67.5 Å². The van der Waals surface area contributed by atoms with Crippen molar-refractivity contribution in [1.29, 1.82) is 0 Å². The van der Waals surface area contributed by atoms with E-state index < -0.39 is 0 Å². The molecule has 0 bridgehead atoms. The van der Waals surface area contributed by atoms with Crippen molar-refractivity contribution in [2.24, 2.45) is 0 Å². The summed E-state index contributed by atoms with van der Waals surface area (Å²) < 4.78 is 0. The van der Waals surface area contributed by atoms with Gasteiger partial charge in [0.2, 0.25) is 0 Å². The summed E-state index contributed by atoms with van der Waals surface area (Å²) in [5.41, 5.74) is 0. The van der Waals surface area contributed by atoms with Gasteiger partial charge >= 0.3 is 0 Å². The van der Waals surface area contributed by atoms with Crippen LogP contribution in [0.3, 0.4) is 0 Å². The first kappa shape index (κ1) is 82.3. The van der Waals surface area contributed by atoms with Gasteiger partial charge in [-0.1, -0.05) is 0 Å².